The van der Waals surface area contributed by atoms with Crippen molar-refractivity contribution in [2.24, 2.45) is 0 Å². The van der Waals surface area contributed by atoms with E-state index >= 15 is 0 Å². The minimum absolute atomic E-state index is 0.301. The lowest BCUT2D eigenvalue weighted by Crippen LogP contribution is -2.56. The molecular weight excluding hydrogens is 152 g/mol. The van der Waals surface area contributed by atoms with Gasteiger partial charge in [-0.2, -0.15) is 0 Å². The van der Waals surface area contributed by atoms with E-state index in [9.17, 15) is 0 Å². The third-order valence-electron chi connectivity index (χ3n) is 2.68. The van der Waals surface area contributed by atoms with Crippen molar-refractivity contribution in [1.29, 1.82) is 0 Å². The van der Waals surface area contributed by atoms with Gasteiger partial charge in [0.2, 0.25) is 0 Å². The van der Waals surface area contributed by atoms with E-state index in [2.05, 4.69) is 24.1 Å². The normalized spacial score (nSPS) is 32.2. The molecule has 0 radical (unpaired) electrons. The van der Waals surface area contributed by atoms with Crippen molar-refractivity contribution in [2.75, 3.05) is 26.2 Å². The lowest BCUT2D eigenvalue weighted by molar-refractivity contribution is 0.0923. The average molecular weight is 172 g/mol. The Morgan fingerprint density at radius 2 is 2.25 bits per heavy atom. The van der Waals surface area contributed by atoms with Gasteiger partial charge in [-0.1, -0.05) is 6.92 Å². The first-order chi connectivity index (χ1) is 5.79. The summed E-state index contributed by atoms with van der Waals surface area (Å²) in [5, 5.41) is 12.2. The monoisotopic (exact) mass is 172 g/mol. The zero-order chi connectivity index (χ0) is 8.97. The van der Waals surface area contributed by atoms with Crippen LogP contribution in [0.5, 0.6) is 0 Å². The Bertz CT molecular complexity index is 128. The van der Waals surface area contributed by atoms with Crippen molar-refractivity contribution in [3.63, 3.8) is 0 Å². The highest BCUT2D eigenvalue weighted by Crippen LogP contribution is 2.11. The fourth-order valence-corrected chi connectivity index (χ4v) is 2.04. The van der Waals surface area contributed by atoms with Crippen molar-refractivity contribution in [3.05, 3.63) is 0 Å². The molecule has 2 atom stereocenters. The standard InChI is InChI=1S/C9H20N2O/c1-3-11-8(2)6-10-7-9(11)4-5-12/h8-10,12H,3-7H2,1-2H3. The third-order valence-corrected chi connectivity index (χ3v) is 2.68. The molecule has 1 aliphatic rings. The van der Waals surface area contributed by atoms with Gasteiger partial charge in [-0.3, -0.25) is 4.90 Å². The van der Waals surface area contributed by atoms with Crippen molar-refractivity contribution in [2.45, 2.75) is 32.4 Å². The second-order valence-corrected chi connectivity index (χ2v) is 3.50. The second kappa shape index (κ2) is 4.80. The molecule has 0 aliphatic carbocycles. The zero-order valence-electron chi connectivity index (χ0n) is 8.08. The van der Waals surface area contributed by atoms with Crippen molar-refractivity contribution in [1.82, 2.24) is 10.2 Å². The van der Waals surface area contributed by atoms with Crippen LogP contribution in [0.25, 0.3) is 0 Å². The summed E-state index contributed by atoms with van der Waals surface area (Å²) >= 11 is 0. The van der Waals surface area contributed by atoms with Gasteiger partial charge in [0.1, 0.15) is 0 Å². The van der Waals surface area contributed by atoms with E-state index < -0.39 is 0 Å². The minimum atomic E-state index is 0.301. The summed E-state index contributed by atoms with van der Waals surface area (Å²) in [6.07, 6.45) is 0.894. The first-order valence-corrected chi connectivity index (χ1v) is 4.87. The summed E-state index contributed by atoms with van der Waals surface area (Å²) in [5.41, 5.74) is 0. The van der Waals surface area contributed by atoms with Crippen molar-refractivity contribution in [3.8, 4) is 0 Å². The highest BCUT2D eigenvalue weighted by atomic mass is 16.3. The summed E-state index contributed by atoms with van der Waals surface area (Å²) in [6.45, 7) is 7.92. The molecule has 2 N–H and O–H groups in total. The number of rotatable bonds is 3. The van der Waals surface area contributed by atoms with Gasteiger partial charge < -0.3 is 10.4 Å². The van der Waals surface area contributed by atoms with E-state index in [-0.39, 0.29) is 0 Å². The maximum absolute atomic E-state index is 8.86. The minimum Gasteiger partial charge on any atom is -0.396 e. The lowest BCUT2D eigenvalue weighted by atomic mass is 10.1. The van der Waals surface area contributed by atoms with Crippen LogP contribution in [-0.2, 0) is 0 Å². The summed E-state index contributed by atoms with van der Waals surface area (Å²) in [4.78, 5) is 2.46. The summed E-state index contributed by atoms with van der Waals surface area (Å²) in [5.74, 6) is 0. The lowest BCUT2D eigenvalue weighted by Gasteiger charge is -2.40. The molecule has 0 aromatic carbocycles. The molecule has 3 nitrogen and oxygen atoms in total. The maximum Gasteiger partial charge on any atom is 0.0446 e. The number of hydrogen-bond acceptors (Lipinski definition) is 3. The average Bonchev–Trinajstić information content (AvgIpc) is 2.05. The van der Waals surface area contributed by atoms with E-state index in [4.69, 9.17) is 5.11 Å². The van der Waals surface area contributed by atoms with Crippen molar-refractivity contribution >= 4 is 0 Å². The molecule has 1 saturated heterocycles. The maximum atomic E-state index is 8.86. The van der Waals surface area contributed by atoms with Crippen LogP contribution in [0.2, 0.25) is 0 Å². The largest absolute Gasteiger partial charge is 0.396 e. The molecular formula is C9H20N2O. The fraction of sp³-hybridized carbons (Fsp3) is 1.00. The third kappa shape index (κ3) is 2.19. The van der Waals surface area contributed by atoms with Gasteiger partial charge in [-0.25, -0.2) is 0 Å². The molecule has 72 valence electrons. The Labute approximate surface area is 74.8 Å². The molecule has 0 aromatic rings. The number of nitrogens with zero attached hydrogens (tertiary/aromatic N) is 1. The molecule has 0 spiro atoms. The van der Waals surface area contributed by atoms with Gasteiger partial charge >= 0.3 is 0 Å². The highest BCUT2D eigenvalue weighted by molar-refractivity contribution is 4.83. The first-order valence-electron chi connectivity index (χ1n) is 4.87. The Morgan fingerprint density at radius 3 is 2.83 bits per heavy atom. The van der Waals surface area contributed by atoms with Crippen LogP contribution in [0.4, 0.5) is 0 Å². The number of hydrogen-bond donors (Lipinski definition) is 2. The topological polar surface area (TPSA) is 35.5 Å². The number of aliphatic hydroxyl groups excluding tert-OH is 1. The fourth-order valence-electron chi connectivity index (χ4n) is 2.04. The predicted octanol–water partition coefficient (Wildman–Crippen LogP) is 0.0510. The Kier molecular flexibility index (Phi) is 3.98. The molecule has 0 aromatic heterocycles. The molecule has 2 unspecified atom stereocenters. The molecule has 1 fully saturated rings. The van der Waals surface area contributed by atoms with Gasteiger partial charge in [0, 0.05) is 31.8 Å². The van der Waals surface area contributed by atoms with Crippen LogP contribution in [0.3, 0.4) is 0 Å². The molecule has 0 amide bonds. The number of nitrogens with one attached hydrogen (secondary N) is 1. The van der Waals surface area contributed by atoms with E-state index in [1.54, 1.807) is 0 Å². The number of piperazine rings is 1. The van der Waals surface area contributed by atoms with Crippen LogP contribution in [-0.4, -0.2) is 48.3 Å². The zero-order valence-corrected chi connectivity index (χ0v) is 8.08. The molecule has 3 heteroatoms. The van der Waals surface area contributed by atoms with Gasteiger partial charge in [-0.05, 0) is 19.9 Å². The van der Waals surface area contributed by atoms with E-state index in [1.807, 2.05) is 0 Å². The Morgan fingerprint density at radius 1 is 1.50 bits per heavy atom. The molecule has 1 heterocycles. The van der Waals surface area contributed by atoms with Crippen molar-refractivity contribution < 1.29 is 5.11 Å². The molecule has 0 saturated carbocycles. The quantitative estimate of drug-likeness (QED) is 0.631. The van der Waals surface area contributed by atoms with Crippen LogP contribution < -0.4 is 5.32 Å². The summed E-state index contributed by atoms with van der Waals surface area (Å²) in [7, 11) is 0. The molecule has 0 bridgehead atoms. The smallest absolute Gasteiger partial charge is 0.0446 e. The van der Waals surface area contributed by atoms with Gasteiger partial charge in [0.05, 0.1) is 0 Å². The van der Waals surface area contributed by atoms with Gasteiger partial charge in [-0.15, -0.1) is 0 Å². The summed E-state index contributed by atoms with van der Waals surface area (Å²) in [6, 6.07) is 1.14. The van der Waals surface area contributed by atoms with Gasteiger partial charge in [0.25, 0.3) is 0 Å². The van der Waals surface area contributed by atoms with Crippen LogP contribution >= 0.6 is 0 Å². The highest BCUT2D eigenvalue weighted by Gasteiger charge is 2.25. The number of aliphatic hydroxyl groups is 1. The van der Waals surface area contributed by atoms with E-state index in [0.717, 1.165) is 26.1 Å². The predicted molar refractivity (Wildman–Crippen MR) is 50.2 cm³/mol. The number of likely N-dealkylation sites (N-methyl/N-ethyl adjacent to an activating group) is 1. The SMILES string of the molecule is CCN1C(C)CNCC1CCO. The van der Waals surface area contributed by atoms with E-state index in [0.29, 0.717) is 18.7 Å². The Hall–Kier alpha value is -0.120. The molecule has 1 rings (SSSR count). The second-order valence-electron chi connectivity index (χ2n) is 3.50. The first kappa shape index (κ1) is 9.96. The Balaban J connectivity index is 2.45. The van der Waals surface area contributed by atoms with Crippen LogP contribution in [0.1, 0.15) is 20.3 Å². The van der Waals surface area contributed by atoms with Crippen LogP contribution in [0, 0.1) is 0 Å². The van der Waals surface area contributed by atoms with Crippen LogP contribution in [0.15, 0.2) is 0 Å². The molecule has 1 aliphatic heterocycles. The van der Waals surface area contributed by atoms with E-state index in [1.165, 1.54) is 0 Å². The summed E-state index contributed by atoms with van der Waals surface area (Å²) < 4.78 is 0. The van der Waals surface area contributed by atoms with Gasteiger partial charge in [0.15, 0.2) is 0 Å². The molecule has 12 heavy (non-hydrogen) atoms.